The van der Waals surface area contributed by atoms with E-state index < -0.39 is 5.97 Å². The molecule has 6 heteroatoms. The second-order valence-corrected chi connectivity index (χ2v) is 6.98. The number of piperidine rings is 1. The number of hydrogen-bond donors (Lipinski definition) is 1. The summed E-state index contributed by atoms with van der Waals surface area (Å²) in [6, 6.07) is 12.2. The van der Waals surface area contributed by atoms with E-state index in [2.05, 4.69) is 16.4 Å². The Balaban J connectivity index is 1.94. The van der Waals surface area contributed by atoms with Crippen LogP contribution in [-0.4, -0.2) is 28.8 Å². The lowest BCUT2D eigenvalue weighted by Crippen LogP contribution is -2.29. The molecule has 3 heterocycles. The number of hydrogen-bond acceptors (Lipinski definition) is 4. The van der Waals surface area contributed by atoms with Gasteiger partial charge in [-0.3, -0.25) is 4.98 Å². The van der Waals surface area contributed by atoms with Gasteiger partial charge in [0.2, 0.25) is 0 Å². The maximum absolute atomic E-state index is 13.5. The van der Waals surface area contributed by atoms with Crippen LogP contribution in [0.3, 0.4) is 0 Å². The first-order chi connectivity index (χ1) is 13.6. The van der Waals surface area contributed by atoms with E-state index in [0.717, 1.165) is 54.0 Å². The van der Waals surface area contributed by atoms with E-state index in [-0.39, 0.29) is 11.7 Å². The number of nitrogens with one attached hydrogen (secondary N) is 1. The van der Waals surface area contributed by atoms with Crippen molar-refractivity contribution in [1.82, 2.24) is 15.0 Å². The molecule has 4 rings (SSSR count). The second-order valence-electron chi connectivity index (χ2n) is 6.98. The van der Waals surface area contributed by atoms with E-state index in [0.29, 0.717) is 0 Å². The lowest BCUT2D eigenvalue weighted by molar-refractivity contribution is -0.141. The summed E-state index contributed by atoms with van der Waals surface area (Å²) in [4.78, 5) is 21.7. The molecule has 0 radical (unpaired) electrons. The van der Waals surface area contributed by atoms with Crippen molar-refractivity contribution in [2.24, 2.45) is 0 Å². The smallest absolute Gasteiger partial charge is 0.329 e. The van der Waals surface area contributed by atoms with Crippen LogP contribution in [0.25, 0.3) is 22.4 Å². The average Bonchev–Trinajstić information content (AvgIpc) is 3.08. The largest absolute Gasteiger partial charge is 0.337 e. The van der Waals surface area contributed by atoms with E-state index in [1.807, 2.05) is 12.1 Å². The number of aromatic nitrogens is 2. The summed E-state index contributed by atoms with van der Waals surface area (Å²) in [5, 5.41) is 3.37. The SMILES string of the molecule is CC(=O)On1c(C2CCNCC2)cc(-c2ccncc2)c1-c1ccc(F)cc1. The fourth-order valence-corrected chi connectivity index (χ4v) is 3.77. The minimum Gasteiger partial charge on any atom is -0.337 e. The normalized spacial score (nSPS) is 14.8. The van der Waals surface area contributed by atoms with Crippen molar-refractivity contribution in [3.05, 3.63) is 66.4 Å². The standard InChI is InChI=1S/C22H22FN3O2/c1-15(27)28-26-21(17-8-12-25-13-9-17)14-20(16-6-10-24-11-7-16)22(26)18-2-4-19(23)5-3-18/h2-7,10-11,14,17,25H,8-9,12-13H2,1H3. The fraction of sp³-hybridized carbons (Fsp3) is 0.273. The first-order valence-corrected chi connectivity index (χ1v) is 9.45. The maximum atomic E-state index is 13.5. The Morgan fingerprint density at radius 2 is 1.79 bits per heavy atom. The van der Waals surface area contributed by atoms with Crippen molar-refractivity contribution in [2.45, 2.75) is 25.7 Å². The van der Waals surface area contributed by atoms with E-state index in [9.17, 15) is 9.18 Å². The first kappa shape index (κ1) is 18.4. The molecule has 0 spiro atoms. The van der Waals surface area contributed by atoms with E-state index in [1.54, 1.807) is 29.3 Å². The molecule has 0 unspecified atom stereocenters. The number of rotatable bonds is 4. The molecule has 28 heavy (non-hydrogen) atoms. The molecule has 0 bridgehead atoms. The fourth-order valence-electron chi connectivity index (χ4n) is 3.77. The number of carbonyl (C=O) groups is 1. The molecular weight excluding hydrogens is 357 g/mol. The van der Waals surface area contributed by atoms with Crippen LogP contribution in [0.1, 0.15) is 31.4 Å². The van der Waals surface area contributed by atoms with Gasteiger partial charge in [0.1, 0.15) is 5.82 Å². The Labute approximate surface area is 163 Å². The van der Waals surface area contributed by atoms with Crippen LogP contribution in [0, 0.1) is 5.82 Å². The third-order valence-electron chi connectivity index (χ3n) is 5.07. The van der Waals surface area contributed by atoms with Gasteiger partial charge in [0.25, 0.3) is 0 Å². The van der Waals surface area contributed by atoms with Crippen LogP contribution in [0.2, 0.25) is 0 Å². The highest BCUT2D eigenvalue weighted by Crippen LogP contribution is 2.39. The van der Waals surface area contributed by atoms with E-state index in [4.69, 9.17) is 4.84 Å². The molecule has 3 aromatic rings. The summed E-state index contributed by atoms with van der Waals surface area (Å²) in [7, 11) is 0. The maximum Gasteiger partial charge on any atom is 0.329 e. The van der Waals surface area contributed by atoms with Gasteiger partial charge in [-0.1, -0.05) is 0 Å². The predicted octanol–water partition coefficient (Wildman–Crippen LogP) is 3.80. The topological polar surface area (TPSA) is 56.1 Å². The molecule has 1 aliphatic heterocycles. The highest BCUT2D eigenvalue weighted by molar-refractivity contribution is 5.83. The zero-order valence-electron chi connectivity index (χ0n) is 15.7. The Morgan fingerprint density at radius 3 is 2.43 bits per heavy atom. The zero-order chi connectivity index (χ0) is 19.5. The molecule has 1 fully saturated rings. The second kappa shape index (κ2) is 7.94. The lowest BCUT2D eigenvalue weighted by Gasteiger charge is -2.24. The third-order valence-corrected chi connectivity index (χ3v) is 5.07. The molecule has 5 nitrogen and oxygen atoms in total. The molecule has 0 amide bonds. The Morgan fingerprint density at radius 1 is 1.11 bits per heavy atom. The van der Waals surface area contributed by atoms with Gasteiger partial charge < -0.3 is 10.2 Å². The Hall–Kier alpha value is -2.99. The van der Waals surface area contributed by atoms with Gasteiger partial charge in [0, 0.05) is 36.4 Å². The number of carbonyl (C=O) groups excluding carboxylic acids is 1. The van der Waals surface area contributed by atoms with Gasteiger partial charge in [-0.2, -0.15) is 4.73 Å². The summed E-state index contributed by atoms with van der Waals surface area (Å²) in [6.45, 7) is 3.24. The van der Waals surface area contributed by atoms with Gasteiger partial charge in [-0.05, 0) is 74.0 Å². The minimum absolute atomic E-state index is 0.274. The Kier molecular flexibility index (Phi) is 5.21. The number of benzene rings is 1. The van der Waals surface area contributed by atoms with Crippen molar-refractivity contribution in [1.29, 1.82) is 0 Å². The highest BCUT2D eigenvalue weighted by Gasteiger charge is 2.26. The molecular formula is C22H22FN3O2. The average molecular weight is 379 g/mol. The quantitative estimate of drug-likeness (QED) is 0.749. The monoisotopic (exact) mass is 379 g/mol. The van der Waals surface area contributed by atoms with Crippen molar-refractivity contribution in [3.63, 3.8) is 0 Å². The summed E-state index contributed by atoms with van der Waals surface area (Å²) >= 11 is 0. The van der Waals surface area contributed by atoms with E-state index in [1.165, 1.54) is 19.1 Å². The molecule has 144 valence electrons. The molecule has 0 aliphatic carbocycles. The van der Waals surface area contributed by atoms with Gasteiger partial charge in [-0.15, -0.1) is 0 Å². The van der Waals surface area contributed by atoms with Crippen LogP contribution >= 0.6 is 0 Å². The molecule has 1 N–H and O–H groups in total. The molecule has 2 aromatic heterocycles. The van der Waals surface area contributed by atoms with Gasteiger partial charge in [0.05, 0.1) is 11.4 Å². The zero-order valence-corrected chi connectivity index (χ0v) is 15.7. The van der Waals surface area contributed by atoms with Crippen LogP contribution in [0.15, 0.2) is 54.9 Å². The summed E-state index contributed by atoms with van der Waals surface area (Å²) in [6.07, 6.45) is 5.39. The van der Waals surface area contributed by atoms with Crippen LogP contribution in [0.5, 0.6) is 0 Å². The number of halogens is 1. The van der Waals surface area contributed by atoms with Crippen LogP contribution in [-0.2, 0) is 4.79 Å². The van der Waals surface area contributed by atoms with E-state index >= 15 is 0 Å². The van der Waals surface area contributed by atoms with Crippen molar-refractivity contribution in [2.75, 3.05) is 13.1 Å². The molecule has 1 saturated heterocycles. The highest BCUT2D eigenvalue weighted by atomic mass is 19.1. The van der Waals surface area contributed by atoms with Gasteiger partial charge in [0.15, 0.2) is 0 Å². The number of nitrogens with zero attached hydrogens (tertiary/aromatic N) is 2. The summed E-state index contributed by atoms with van der Waals surface area (Å²) in [5.41, 5.74) is 4.40. The lowest BCUT2D eigenvalue weighted by atomic mass is 9.94. The van der Waals surface area contributed by atoms with Crippen LogP contribution < -0.4 is 10.2 Å². The minimum atomic E-state index is -0.393. The third kappa shape index (κ3) is 3.68. The number of pyridine rings is 1. The predicted molar refractivity (Wildman–Crippen MR) is 105 cm³/mol. The molecule has 0 atom stereocenters. The van der Waals surface area contributed by atoms with Gasteiger partial charge >= 0.3 is 5.97 Å². The first-order valence-electron chi connectivity index (χ1n) is 9.45. The van der Waals surface area contributed by atoms with Crippen LogP contribution in [0.4, 0.5) is 4.39 Å². The molecule has 1 aliphatic rings. The van der Waals surface area contributed by atoms with Gasteiger partial charge in [-0.25, -0.2) is 9.18 Å². The van der Waals surface area contributed by atoms with Crippen molar-refractivity contribution in [3.8, 4) is 22.4 Å². The van der Waals surface area contributed by atoms with Crippen molar-refractivity contribution >= 4 is 5.97 Å². The van der Waals surface area contributed by atoms with Crippen molar-refractivity contribution < 1.29 is 14.0 Å². The molecule has 0 saturated carbocycles. The Bertz CT molecular complexity index is 961. The molecule has 1 aromatic carbocycles. The summed E-state index contributed by atoms with van der Waals surface area (Å²) in [5.74, 6) is -0.427. The summed E-state index contributed by atoms with van der Waals surface area (Å²) < 4.78 is 15.2.